The van der Waals surface area contributed by atoms with E-state index in [9.17, 15) is 4.79 Å². The summed E-state index contributed by atoms with van der Waals surface area (Å²) < 4.78 is 1.17. The van der Waals surface area contributed by atoms with Gasteiger partial charge in [-0.3, -0.25) is 4.79 Å². The van der Waals surface area contributed by atoms with Crippen LogP contribution in [0, 0.1) is 6.92 Å². The molecule has 20 heavy (non-hydrogen) atoms. The predicted molar refractivity (Wildman–Crippen MR) is 85.4 cm³/mol. The second-order valence-corrected chi connectivity index (χ2v) is 7.00. The maximum absolute atomic E-state index is 11.7. The first-order chi connectivity index (χ1) is 9.33. The highest BCUT2D eigenvalue weighted by atomic mass is 32.1. The van der Waals surface area contributed by atoms with E-state index >= 15 is 0 Å². The highest BCUT2D eigenvalue weighted by molar-refractivity contribution is 7.22. The maximum atomic E-state index is 11.7. The van der Waals surface area contributed by atoms with Crippen LogP contribution in [0.1, 0.15) is 32.8 Å². The third-order valence-electron chi connectivity index (χ3n) is 2.69. The summed E-state index contributed by atoms with van der Waals surface area (Å²) in [7, 11) is 0. The molecule has 1 heterocycles. The molecule has 1 aromatic heterocycles. The number of hydrogen-bond acceptors (Lipinski definition) is 4. The van der Waals surface area contributed by atoms with Crippen LogP contribution >= 0.6 is 11.3 Å². The topological polar surface area (TPSA) is 54.0 Å². The number of amides is 1. The Kier molecular flexibility index (Phi) is 4.28. The molecule has 0 aliphatic heterocycles. The van der Waals surface area contributed by atoms with Crippen LogP contribution in [0.3, 0.4) is 0 Å². The molecular weight excluding hydrogens is 270 g/mol. The van der Waals surface area contributed by atoms with Crippen molar-refractivity contribution in [3.63, 3.8) is 0 Å². The molecule has 0 radical (unpaired) electrons. The van der Waals surface area contributed by atoms with Crippen molar-refractivity contribution in [2.24, 2.45) is 0 Å². The number of rotatable bonds is 4. The predicted octanol–water partition coefficient (Wildman–Crippen LogP) is 3.32. The van der Waals surface area contributed by atoms with Crippen LogP contribution < -0.4 is 10.6 Å². The number of aromatic nitrogens is 1. The van der Waals surface area contributed by atoms with Crippen molar-refractivity contribution >= 4 is 32.6 Å². The van der Waals surface area contributed by atoms with E-state index in [1.807, 2.05) is 26.8 Å². The molecule has 0 unspecified atom stereocenters. The first kappa shape index (κ1) is 14.8. The van der Waals surface area contributed by atoms with Gasteiger partial charge in [0.2, 0.25) is 5.91 Å². The fraction of sp³-hybridized carbons (Fsp3) is 0.467. The minimum absolute atomic E-state index is 0.0574. The largest absolute Gasteiger partial charge is 0.361 e. The number of benzene rings is 1. The van der Waals surface area contributed by atoms with Crippen molar-refractivity contribution in [2.75, 3.05) is 11.9 Å². The molecule has 1 amide bonds. The summed E-state index contributed by atoms with van der Waals surface area (Å²) in [5, 5.41) is 7.03. The van der Waals surface area contributed by atoms with E-state index in [-0.39, 0.29) is 11.4 Å². The summed E-state index contributed by atoms with van der Waals surface area (Å²) >= 11 is 1.62. The average molecular weight is 291 g/mol. The van der Waals surface area contributed by atoms with Gasteiger partial charge < -0.3 is 10.6 Å². The fourth-order valence-corrected chi connectivity index (χ4v) is 2.86. The Morgan fingerprint density at radius 3 is 2.80 bits per heavy atom. The van der Waals surface area contributed by atoms with Crippen LogP contribution in [0.15, 0.2) is 18.2 Å². The third-order valence-corrected chi connectivity index (χ3v) is 3.66. The highest BCUT2D eigenvalue weighted by Crippen LogP contribution is 2.26. The monoisotopic (exact) mass is 291 g/mol. The second kappa shape index (κ2) is 5.79. The van der Waals surface area contributed by atoms with Crippen molar-refractivity contribution in [1.29, 1.82) is 0 Å². The van der Waals surface area contributed by atoms with Crippen LogP contribution in [0.25, 0.3) is 10.2 Å². The Balaban J connectivity index is 1.88. The Morgan fingerprint density at radius 2 is 2.10 bits per heavy atom. The summed E-state index contributed by atoms with van der Waals surface area (Å²) in [6, 6.07) is 6.21. The number of thiazole rings is 1. The Morgan fingerprint density at radius 1 is 1.35 bits per heavy atom. The first-order valence-electron chi connectivity index (χ1n) is 6.75. The Bertz CT molecular complexity index is 613. The average Bonchev–Trinajstić information content (AvgIpc) is 2.68. The quantitative estimate of drug-likeness (QED) is 0.908. The van der Waals surface area contributed by atoms with Crippen LogP contribution in [0.4, 0.5) is 5.13 Å². The van der Waals surface area contributed by atoms with Gasteiger partial charge in [0.15, 0.2) is 5.13 Å². The molecule has 0 aliphatic rings. The van der Waals surface area contributed by atoms with Gasteiger partial charge in [0, 0.05) is 18.5 Å². The molecule has 4 nitrogen and oxygen atoms in total. The number of fused-ring (bicyclic) bond motifs is 1. The summed E-state index contributed by atoms with van der Waals surface area (Å²) in [4.78, 5) is 16.2. The standard InChI is InChI=1S/C15H21N3OS/c1-10-5-6-11-12(9-10)20-14(17-11)16-8-7-13(19)18-15(2,3)4/h5-6,9H,7-8H2,1-4H3,(H,16,17)(H,18,19). The second-order valence-electron chi connectivity index (χ2n) is 5.97. The molecule has 0 bridgehead atoms. The highest BCUT2D eigenvalue weighted by Gasteiger charge is 2.13. The van der Waals surface area contributed by atoms with E-state index < -0.39 is 0 Å². The van der Waals surface area contributed by atoms with Crippen LogP contribution in [0.5, 0.6) is 0 Å². The summed E-state index contributed by atoms with van der Waals surface area (Å²) in [5.41, 5.74) is 2.06. The Labute approximate surface area is 123 Å². The van der Waals surface area contributed by atoms with Crippen LogP contribution in [-0.4, -0.2) is 23.0 Å². The summed E-state index contributed by atoms with van der Waals surface area (Å²) in [5.74, 6) is 0.0574. The molecule has 0 aliphatic carbocycles. The Hall–Kier alpha value is -1.62. The fourth-order valence-electron chi connectivity index (χ4n) is 1.87. The van der Waals surface area contributed by atoms with E-state index in [2.05, 4.69) is 34.7 Å². The molecule has 2 aromatic rings. The van der Waals surface area contributed by atoms with Gasteiger partial charge in [-0.25, -0.2) is 4.98 Å². The lowest BCUT2D eigenvalue weighted by Gasteiger charge is -2.20. The van der Waals surface area contributed by atoms with Gasteiger partial charge >= 0.3 is 0 Å². The molecule has 108 valence electrons. The van der Waals surface area contributed by atoms with Crippen LogP contribution in [0.2, 0.25) is 0 Å². The van der Waals surface area contributed by atoms with Gasteiger partial charge in [-0.2, -0.15) is 0 Å². The van der Waals surface area contributed by atoms with Gasteiger partial charge in [0.25, 0.3) is 0 Å². The van der Waals surface area contributed by atoms with Gasteiger partial charge in [-0.05, 0) is 45.4 Å². The minimum Gasteiger partial charge on any atom is -0.361 e. The molecule has 0 fully saturated rings. The number of nitrogens with one attached hydrogen (secondary N) is 2. The number of nitrogens with zero attached hydrogens (tertiary/aromatic N) is 1. The lowest BCUT2D eigenvalue weighted by molar-refractivity contribution is -0.122. The maximum Gasteiger partial charge on any atom is 0.222 e. The van der Waals surface area contributed by atoms with Gasteiger partial charge in [-0.1, -0.05) is 17.4 Å². The lowest BCUT2D eigenvalue weighted by Crippen LogP contribution is -2.41. The SMILES string of the molecule is Cc1ccc2nc(NCCC(=O)NC(C)(C)C)sc2c1. The molecule has 1 aromatic carbocycles. The van der Waals surface area contributed by atoms with Crippen molar-refractivity contribution < 1.29 is 4.79 Å². The van der Waals surface area contributed by atoms with Crippen molar-refractivity contribution in [1.82, 2.24) is 10.3 Å². The molecule has 5 heteroatoms. The number of hydrogen-bond donors (Lipinski definition) is 2. The van der Waals surface area contributed by atoms with Gasteiger partial charge in [-0.15, -0.1) is 0 Å². The molecule has 0 saturated carbocycles. The zero-order chi connectivity index (χ0) is 14.8. The van der Waals surface area contributed by atoms with Gasteiger partial charge in [0.1, 0.15) is 0 Å². The van der Waals surface area contributed by atoms with Crippen molar-refractivity contribution in [3.05, 3.63) is 23.8 Å². The number of aryl methyl sites for hydroxylation is 1. The van der Waals surface area contributed by atoms with E-state index in [1.54, 1.807) is 11.3 Å². The lowest BCUT2D eigenvalue weighted by atomic mass is 10.1. The smallest absolute Gasteiger partial charge is 0.222 e. The van der Waals surface area contributed by atoms with E-state index in [0.717, 1.165) is 10.6 Å². The van der Waals surface area contributed by atoms with E-state index in [1.165, 1.54) is 10.3 Å². The molecule has 2 rings (SSSR count). The first-order valence-corrected chi connectivity index (χ1v) is 7.57. The van der Waals surface area contributed by atoms with Crippen LogP contribution in [-0.2, 0) is 4.79 Å². The van der Waals surface area contributed by atoms with Gasteiger partial charge in [0.05, 0.1) is 10.2 Å². The minimum atomic E-state index is -0.176. The van der Waals surface area contributed by atoms with Crippen molar-refractivity contribution in [3.8, 4) is 0 Å². The molecule has 0 saturated heterocycles. The van der Waals surface area contributed by atoms with E-state index in [0.29, 0.717) is 13.0 Å². The summed E-state index contributed by atoms with van der Waals surface area (Å²) in [6.45, 7) is 8.61. The normalized spacial score (nSPS) is 11.6. The molecule has 0 atom stereocenters. The molecular formula is C15H21N3OS. The summed E-state index contributed by atoms with van der Waals surface area (Å²) in [6.07, 6.45) is 0.451. The van der Waals surface area contributed by atoms with E-state index in [4.69, 9.17) is 0 Å². The third kappa shape index (κ3) is 4.20. The zero-order valence-electron chi connectivity index (χ0n) is 12.4. The molecule has 2 N–H and O–H groups in total. The molecule has 0 spiro atoms. The number of anilines is 1. The number of carbonyl (C=O) groups excluding carboxylic acids is 1. The zero-order valence-corrected chi connectivity index (χ0v) is 13.2. The number of carbonyl (C=O) groups is 1. The van der Waals surface area contributed by atoms with Crippen molar-refractivity contribution in [2.45, 2.75) is 39.7 Å².